The Labute approximate surface area is 141 Å². The molecule has 0 heterocycles. The number of methoxy groups -OCH3 is 1. The maximum atomic E-state index is 12.0. The number of ether oxygens (including phenoxy) is 1. The van der Waals surface area contributed by atoms with Crippen molar-refractivity contribution in [3.05, 3.63) is 54.1 Å². The summed E-state index contributed by atoms with van der Waals surface area (Å²) >= 11 is 0. The van der Waals surface area contributed by atoms with Crippen LogP contribution in [0.4, 0.5) is 17.1 Å². The van der Waals surface area contributed by atoms with Crippen LogP contribution in [0.1, 0.15) is 10.4 Å². The number of amides is 1. The highest BCUT2D eigenvalue weighted by atomic mass is 16.5. The molecule has 126 valence electrons. The molecule has 0 unspecified atom stereocenters. The highest BCUT2D eigenvalue weighted by molar-refractivity contribution is 5.94. The van der Waals surface area contributed by atoms with E-state index < -0.39 is 5.97 Å². The number of nitrogens with zero attached hydrogens (tertiary/aromatic N) is 1. The molecule has 1 amide bonds. The molecule has 6 heteroatoms. The van der Waals surface area contributed by atoms with Crippen molar-refractivity contribution in [1.82, 2.24) is 0 Å². The second-order valence-corrected chi connectivity index (χ2v) is 5.42. The zero-order chi connectivity index (χ0) is 17.5. The van der Waals surface area contributed by atoms with Gasteiger partial charge >= 0.3 is 5.97 Å². The molecule has 6 nitrogen and oxygen atoms in total. The van der Waals surface area contributed by atoms with E-state index in [1.54, 1.807) is 24.3 Å². The number of rotatable bonds is 6. The van der Waals surface area contributed by atoms with Crippen molar-refractivity contribution in [3.8, 4) is 0 Å². The third-order valence-electron chi connectivity index (χ3n) is 3.40. The van der Waals surface area contributed by atoms with Crippen molar-refractivity contribution in [2.45, 2.75) is 0 Å². The van der Waals surface area contributed by atoms with Gasteiger partial charge in [-0.05, 0) is 42.5 Å². The smallest absolute Gasteiger partial charge is 0.337 e. The van der Waals surface area contributed by atoms with E-state index >= 15 is 0 Å². The molecule has 0 bridgehead atoms. The first-order chi connectivity index (χ1) is 11.5. The van der Waals surface area contributed by atoms with Crippen LogP contribution in [0.15, 0.2) is 48.5 Å². The minimum atomic E-state index is -0.413. The van der Waals surface area contributed by atoms with Crippen molar-refractivity contribution in [1.29, 1.82) is 0 Å². The number of hydrogen-bond acceptors (Lipinski definition) is 5. The lowest BCUT2D eigenvalue weighted by atomic mass is 10.2. The van der Waals surface area contributed by atoms with E-state index in [0.717, 1.165) is 11.4 Å². The number of nitrogens with one attached hydrogen (secondary N) is 2. The zero-order valence-corrected chi connectivity index (χ0v) is 14.0. The molecule has 2 aromatic carbocycles. The minimum Gasteiger partial charge on any atom is -0.465 e. The van der Waals surface area contributed by atoms with E-state index in [-0.39, 0.29) is 12.5 Å². The molecule has 0 fully saturated rings. The summed E-state index contributed by atoms with van der Waals surface area (Å²) < 4.78 is 4.67. The summed E-state index contributed by atoms with van der Waals surface area (Å²) in [7, 11) is 5.25. The molecule has 0 saturated heterocycles. The van der Waals surface area contributed by atoms with Gasteiger partial charge in [0.15, 0.2) is 0 Å². The van der Waals surface area contributed by atoms with Crippen molar-refractivity contribution in [3.63, 3.8) is 0 Å². The van der Waals surface area contributed by atoms with Crippen LogP contribution in [0.2, 0.25) is 0 Å². The Kier molecular flexibility index (Phi) is 5.78. The fourth-order valence-electron chi connectivity index (χ4n) is 2.10. The van der Waals surface area contributed by atoms with Gasteiger partial charge < -0.3 is 20.3 Å². The molecule has 0 atom stereocenters. The summed E-state index contributed by atoms with van der Waals surface area (Å²) in [4.78, 5) is 25.5. The van der Waals surface area contributed by atoms with Crippen molar-refractivity contribution < 1.29 is 14.3 Å². The van der Waals surface area contributed by atoms with E-state index in [1.165, 1.54) is 7.11 Å². The molecular formula is C18H21N3O3. The monoisotopic (exact) mass is 327 g/mol. The van der Waals surface area contributed by atoms with Crippen molar-refractivity contribution >= 4 is 28.9 Å². The van der Waals surface area contributed by atoms with E-state index in [2.05, 4.69) is 15.4 Å². The average Bonchev–Trinajstić information content (AvgIpc) is 2.60. The summed E-state index contributed by atoms with van der Waals surface area (Å²) in [5.74, 6) is -0.583. The Hall–Kier alpha value is -3.02. The standard InChI is InChI=1S/C18H21N3O3/c1-21(2)16-9-7-14(8-10-16)20-17(22)12-19-15-6-4-5-13(11-15)18(23)24-3/h4-11,19H,12H2,1-3H3,(H,20,22). The number of hydrogen-bond donors (Lipinski definition) is 2. The van der Waals surface area contributed by atoms with E-state index in [4.69, 9.17) is 0 Å². The summed E-state index contributed by atoms with van der Waals surface area (Å²) in [6, 6.07) is 14.4. The Morgan fingerprint density at radius 2 is 1.75 bits per heavy atom. The molecule has 0 aliphatic carbocycles. The van der Waals surface area contributed by atoms with Crippen LogP contribution in [0, 0.1) is 0 Å². The van der Waals surface area contributed by atoms with E-state index in [9.17, 15) is 9.59 Å². The lowest BCUT2D eigenvalue weighted by Gasteiger charge is -2.13. The predicted molar refractivity (Wildman–Crippen MR) is 95.7 cm³/mol. The van der Waals surface area contributed by atoms with Crippen LogP contribution in [-0.4, -0.2) is 39.6 Å². The average molecular weight is 327 g/mol. The van der Waals surface area contributed by atoms with Crippen molar-refractivity contribution in [2.24, 2.45) is 0 Å². The van der Waals surface area contributed by atoms with Crippen molar-refractivity contribution in [2.75, 3.05) is 43.3 Å². The van der Waals surface area contributed by atoms with Gasteiger partial charge in [-0.25, -0.2) is 4.79 Å². The molecule has 0 aromatic heterocycles. The molecule has 0 saturated carbocycles. The molecule has 24 heavy (non-hydrogen) atoms. The van der Waals surface area contributed by atoms with Crippen LogP contribution >= 0.6 is 0 Å². The molecule has 2 N–H and O–H groups in total. The van der Waals surface area contributed by atoms with Crippen LogP contribution < -0.4 is 15.5 Å². The topological polar surface area (TPSA) is 70.7 Å². The normalized spacial score (nSPS) is 9.96. The van der Waals surface area contributed by atoms with Crippen LogP contribution in [0.5, 0.6) is 0 Å². The maximum absolute atomic E-state index is 12.0. The first-order valence-corrected chi connectivity index (χ1v) is 7.49. The van der Waals surface area contributed by atoms with Gasteiger partial charge in [0.1, 0.15) is 0 Å². The van der Waals surface area contributed by atoms with Gasteiger partial charge in [0.25, 0.3) is 0 Å². The molecule has 0 aliphatic rings. The lowest BCUT2D eigenvalue weighted by Crippen LogP contribution is -2.21. The molecule has 0 spiro atoms. The minimum absolute atomic E-state index is 0.0973. The summed E-state index contributed by atoms with van der Waals surface area (Å²) in [6.07, 6.45) is 0. The predicted octanol–water partition coefficient (Wildman–Crippen LogP) is 2.59. The molecule has 2 rings (SSSR count). The zero-order valence-electron chi connectivity index (χ0n) is 14.0. The third kappa shape index (κ3) is 4.74. The number of carbonyl (C=O) groups excluding carboxylic acids is 2. The number of carbonyl (C=O) groups is 2. The number of benzene rings is 2. The Balaban J connectivity index is 1.90. The van der Waals surface area contributed by atoms with Crippen LogP contribution in [-0.2, 0) is 9.53 Å². The largest absolute Gasteiger partial charge is 0.465 e. The first-order valence-electron chi connectivity index (χ1n) is 7.49. The van der Waals surface area contributed by atoms with Gasteiger partial charge in [0.2, 0.25) is 5.91 Å². The fraction of sp³-hybridized carbons (Fsp3) is 0.222. The van der Waals surface area contributed by atoms with Gasteiger partial charge in [0, 0.05) is 31.2 Å². The van der Waals surface area contributed by atoms with Gasteiger partial charge in [0.05, 0.1) is 19.2 Å². The van der Waals surface area contributed by atoms with E-state index in [1.807, 2.05) is 43.3 Å². The Morgan fingerprint density at radius 3 is 2.38 bits per heavy atom. The summed E-state index contributed by atoms with van der Waals surface area (Å²) in [6.45, 7) is 0.0973. The second-order valence-electron chi connectivity index (χ2n) is 5.42. The van der Waals surface area contributed by atoms with Crippen LogP contribution in [0.3, 0.4) is 0 Å². The molecular weight excluding hydrogens is 306 g/mol. The quantitative estimate of drug-likeness (QED) is 0.798. The molecule has 2 aromatic rings. The van der Waals surface area contributed by atoms with Gasteiger partial charge in [-0.2, -0.15) is 0 Å². The summed E-state index contributed by atoms with van der Waals surface area (Å²) in [5, 5.41) is 5.80. The number of anilines is 3. The first kappa shape index (κ1) is 17.3. The highest BCUT2D eigenvalue weighted by Crippen LogP contribution is 2.16. The third-order valence-corrected chi connectivity index (χ3v) is 3.40. The Bertz CT molecular complexity index is 712. The maximum Gasteiger partial charge on any atom is 0.337 e. The molecule has 0 radical (unpaired) electrons. The fourth-order valence-corrected chi connectivity index (χ4v) is 2.10. The van der Waals surface area contributed by atoms with E-state index in [0.29, 0.717) is 11.3 Å². The highest BCUT2D eigenvalue weighted by Gasteiger charge is 2.07. The van der Waals surface area contributed by atoms with Gasteiger partial charge in [-0.1, -0.05) is 6.07 Å². The number of esters is 1. The molecule has 0 aliphatic heterocycles. The lowest BCUT2D eigenvalue weighted by molar-refractivity contribution is -0.114. The Morgan fingerprint density at radius 1 is 1.04 bits per heavy atom. The second kappa shape index (κ2) is 8.01. The SMILES string of the molecule is COC(=O)c1cccc(NCC(=O)Nc2ccc(N(C)C)cc2)c1. The summed E-state index contributed by atoms with van der Waals surface area (Å²) in [5.41, 5.74) is 2.90. The van der Waals surface area contributed by atoms with Gasteiger partial charge in [-0.3, -0.25) is 4.79 Å². The van der Waals surface area contributed by atoms with Crippen LogP contribution in [0.25, 0.3) is 0 Å². The van der Waals surface area contributed by atoms with Gasteiger partial charge in [-0.15, -0.1) is 0 Å².